The van der Waals surface area contributed by atoms with E-state index in [4.69, 9.17) is 16.4 Å². The lowest BCUT2D eigenvalue weighted by molar-refractivity contribution is 0.0974. The van der Waals surface area contributed by atoms with Gasteiger partial charge < -0.3 is 10.2 Å². The Hall–Kier alpha value is -2.06. The molecule has 0 aliphatic carbocycles. The second-order valence-corrected chi connectivity index (χ2v) is 5.32. The fraction of sp³-hybridized carbons (Fsp3) is 0.231. The molecular formula is C13H14ClN5O2S. The number of thioether (sulfide) groups is 1. The second kappa shape index (κ2) is 7.81. The fourth-order valence-electron chi connectivity index (χ4n) is 1.66. The Kier molecular flexibility index (Phi) is 5.79. The summed E-state index contributed by atoms with van der Waals surface area (Å²) in [5.74, 6) is 0.517. The number of halogens is 1. The summed E-state index contributed by atoms with van der Waals surface area (Å²) in [6.07, 6.45) is 6.71. The third kappa shape index (κ3) is 3.99. The number of aromatic nitrogens is 3. The van der Waals surface area contributed by atoms with E-state index in [1.807, 2.05) is 12.3 Å². The Morgan fingerprint density at radius 3 is 3.05 bits per heavy atom. The van der Waals surface area contributed by atoms with Crippen molar-refractivity contribution < 1.29 is 9.63 Å². The van der Waals surface area contributed by atoms with Gasteiger partial charge in [0.25, 0.3) is 5.91 Å². The molecule has 7 nitrogen and oxygen atoms in total. The maximum absolute atomic E-state index is 12.3. The van der Waals surface area contributed by atoms with Gasteiger partial charge in [0, 0.05) is 12.4 Å². The smallest absolute Gasteiger partial charge is 0.261 e. The van der Waals surface area contributed by atoms with Crippen LogP contribution in [0.25, 0.3) is 5.69 Å². The van der Waals surface area contributed by atoms with Gasteiger partial charge in [0.15, 0.2) is 11.0 Å². The predicted molar refractivity (Wildman–Crippen MR) is 86.7 cm³/mol. The quantitative estimate of drug-likeness (QED) is 0.511. The van der Waals surface area contributed by atoms with Crippen LogP contribution in [0.1, 0.15) is 10.4 Å². The van der Waals surface area contributed by atoms with Crippen LogP contribution in [0.2, 0.25) is 5.15 Å². The zero-order valence-corrected chi connectivity index (χ0v) is 13.6. The molecule has 2 aromatic rings. The van der Waals surface area contributed by atoms with Crippen LogP contribution in [-0.2, 0) is 4.84 Å². The van der Waals surface area contributed by atoms with Crippen molar-refractivity contribution in [3.63, 3.8) is 0 Å². The number of amides is 1. The van der Waals surface area contributed by atoms with Crippen LogP contribution in [0.5, 0.6) is 0 Å². The Morgan fingerprint density at radius 1 is 1.59 bits per heavy atom. The minimum absolute atomic E-state index is 0.0993. The molecule has 0 aliphatic heterocycles. The molecule has 0 unspecified atom stereocenters. The van der Waals surface area contributed by atoms with Gasteiger partial charge in [0.05, 0.1) is 23.2 Å². The van der Waals surface area contributed by atoms with Crippen molar-refractivity contribution in [3.05, 3.63) is 41.4 Å². The minimum Gasteiger partial charge on any atom is -0.398 e. The Bertz CT molecular complexity index is 674. The van der Waals surface area contributed by atoms with E-state index in [1.54, 1.807) is 18.5 Å². The first kappa shape index (κ1) is 16.3. The van der Waals surface area contributed by atoms with Gasteiger partial charge in [-0.3, -0.25) is 9.78 Å². The topological polar surface area (TPSA) is 81.4 Å². The van der Waals surface area contributed by atoms with Gasteiger partial charge in [0.1, 0.15) is 7.11 Å². The second-order valence-electron chi connectivity index (χ2n) is 4.10. The van der Waals surface area contributed by atoms with E-state index in [0.29, 0.717) is 17.3 Å². The molecule has 0 aliphatic rings. The summed E-state index contributed by atoms with van der Waals surface area (Å²) >= 11 is 7.54. The van der Waals surface area contributed by atoms with Crippen LogP contribution in [0, 0.1) is 0 Å². The molecule has 0 spiro atoms. The lowest BCUT2D eigenvalue weighted by Crippen LogP contribution is -2.32. The molecule has 0 bridgehead atoms. The third-order valence-electron chi connectivity index (χ3n) is 2.56. The molecule has 0 aromatic carbocycles. The van der Waals surface area contributed by atoms with Crippen LogP contribution in [0.4, 0.5) is 0 Å². The maximum atomic E-state index is 12.3. The summed E-state index contributed by atoms with van der Waals surface area (Å²) in [5.41, 5.74) is 0.953. The van der Waals surface area contributed by atoms with Gasteiger partial charge in [0.2, 0.25) is 0 Å². The van der Waals surface area contributed by atoms with E-state index in [9.17, 15) is 4.79 Å². The highest BCUT2D eigenvalue weighted by atomic mass is 35.5. The lowest BCUT2D eigenvalue weighted by Gasteiger charge is -2.05. The average molecular weight is 340 g/mol. The van der Waals surface area contributed by atoms with Gasteiger partial charge in [-0.2, -0.15) is 16.9 Å². The van der Waals surface area contributed by atoms with Gasteiger partial charge in [-0.15, -0.1) is 0 Å². The number of hydrogen-bond acceptors (Lipinski definition) is 6. The van der Waals surface area contributed by atoms with Crippen molar-refractivity contribution in [3.8, 4) is 5.69 Å². The van der Waals surface area contributed by atoms with Crippen molar-refractivity contribution in [1.82, 2.24) is 20.1 Å². The lowest BCUT2D eigenvalue weighted by atomic mass is 10.3. The number of nitrogens with one attached hydrogen (secondary N) is 1. The standard InChI is InChI=1S/C13H14ClN5O2S/c1-21-18-11(8-22-2)16-13(20)10-7-19(17-12(10)14)9-4-3-5-15-6-9/h3-7H,8H2,1-2H3,(H,16,18,20). The number of hydrogen-bond donors (Lipinski definition) is 1. The highest BCUT2D eigenvalue weighted by Gasteiger charge is 2.17. The van der Waals surface area contributed by atoms with Crippen molar-refractivity contribution in [2.24, 2.45) is 5.16 Å². The van der Waals surface area contributed by atoms with E-state index in [-0.39, 0.29) is 10.7 Å². The first-order chi connectivity index (χ1) is 10.7. The molecule has 0 radical (unpaired) electrons. The Labute approximate surface area is 136 Å². The summed E-state index contributed by atoms with van der Waals surface area (Å²) in [6.45, 7) is 0. The van der Waals surface area contributed by atoms with Gasteiger partial charge in [-0.25, -0.2) is 4.68 Å². The van der Waals surface area contributed by atoms with E-state index in [1.165, 1.54) is 29.8 Å². The first-order valence-corrected chi connectivity index (χ1v) is 7.98. The third-order valence-corrected chi connectivity index (χ3v) is 3.41. The zero-order chi connectivity index (χ0) is 15.9. The summed E-state index contributed by atoms with van der Waals surface area (Å²) in [6, 6.07) is 3.58. The van der Waals surface area contributed by atoms with Crippen LogP contribution in [0.3, 0.4) is 0 Å². The summed E-state index contributed by atoms with van der Waals surface area (Å²) in [7, 11) is 1.42. The molecule has 1 amide bonds. The van der Waals surface area contributed by atoms with Crippen LogP contribution < -0.4 is 5.32 Å². The monoisotopic (exact) mass is 339 g/mol. The van der Waals surface area contributed by atoms with E-state index in [0.717, 1.165) is 0 Å². The molecule has 0 fully saturated rings. The maximum Gasteiger partial charge on any atom is 0.261 e. The molecule has 1 N–H and O–H groups in total. The fourth-order valence-corrected chi connectivity index (χ4v) is 2.27. The number of amidine groups is 1. The van der Waals surface area contributed by atoms with Crippen molar-refractivity contribution >= 4 is 35.1 Å². The molecule has 0 saturated heterocycles. The highest BCUT2D eigenvalue weighted by molar-refractivity contribution is 7.99. The summed E-state index contributed by atoms with van der Waals surface area (Å²) in [5, 5.41) is 10.6. The summed E-state index contributed by atoms with van der Waals surface area (Å²) < 4.78 is 1.49. The van der Waals surface area contributed by atoms with Crippen LogP contribution in [-0.4, -0.2) is 45.6 Å². The molecule has 0 saturated carbocycles. The van der Waals surface area contributed by atoms with Crippen molar-refractivity contribution in [2.75, 3.05) is 19.1 Å². The summed E-state index contributed by atoms with van der Waals surface area (Å²) in [4.78, 5) is 21.0. The molecule has 116 valence electrons. The van der Waals surface area contributed by atoms with E-state index >= 15 is 0 Å². The molecular weight excluding hydrogens is 326 g/mol. The molecule has 22 heavy (non-hydrogen) atoms. The number of pyridine rings is 1. The largest absolute Gasteiger partial charge is 0.398 e. The number of oxime groups is 1. The number of rotatable bonds is 5. The number of nitrogens with zero attached hydrogens (tertiary/aromatic N) is 4. The first-order valence-electron chi connectivity index (χ1n) is 6.21. The SMILES string of the molecule is CON=C(CSC)NC(=O)c1cn(-c2cccnc2)nc1Cl. The predicted octanol–water partition coefficient (Wildman–Crippen LogP) is 1.97. The molecule has 0 atom stereocenters. The molecule has 2 rings (SSSR count). The van der Waals surface area contributed by atoms with Gasteiger partial charge >= 0.3 is 0 Å². The van der Waals surface area contributed by atoms with E-state index < -0.39 is 5.91 Å². The van der Waals surface area contributed by atoms with Gasteiger partial charge in [-0.05, 0) is 18.4 Å². The average Bonchev–Trinajstić information content (AvgIpc) is 2.91. The van der Waals surface area contributed by atoms with Crippen LogP contribution >= 0.6 is 23.4 Å². The Morgan fingerprint density at radius 2 is 2.41 bits per heavy atom. The molecule has 2 heterocycles. The van der Waals surface area contributed by atoms with Crippen LogP contribution in [0.15, 0.2) is 35.9 Å². The minimum atomic E-state index is -0.398. The Balaban J connectivity index is 2.20. The zero-order valence-electron chi connectivity index (χ0n) is 12.0. The van der Waals surface area contributed by atoms with Gasteiger partial charge in [-0.1, -0.05) is 16.8 Å². The van der Waals surface area contributed by atoms with Crippen molar-refractivity contribution in [2.45, 2.75) is 0 Å². The molecule has 2 aromatic heterocycles. The normalized spacial score (nSPS) is 11.3. The number of carbonyl (C=O) groups is 1. The van der Waals surface area contributed by atoms with E-state index in [2.05, 4.69) is 20.6 Å². The molecule has 9 heteroatoms. The highest BCUT2D eigenvalue weighted by Crippen LogP contribution is 2.16. The number of carbonyl (C=O) groups excluding carboxylic acids is 1. The van der Waals surface area contributed by atoms with Crippen molar-refractivity contribution in [1.29, 1.82) is 0 Å².